The summed E-state index contributed by atoms with van der Waals surface area (Å²) in [5.41, 5.74) is 4.79. The highest BCUT2D eigenvalue weighted by Crippen LogP contribution is 2.35. The van der Waals surface area contributed by atoms with Gasteiger partial charge in [0.05, 0.1) is 19.2 Å². The van der Waals surface area contributed by atoms with Crippen LogP contribution in [0, 0.1) is 0 Å². The number of ether oxygens (including phenoxy) is 1. The van der Waals surface area contributed by atoms with Crippen LogP contribution >= 0.6 is 15.9 Å². The second-order valence-electron chi connectivity index (χ2n) is 2.75. The maximum atomic E-state index is 13.3. The van der Waals surface area contributed by atoms with Crippen molar-refractivity contribution >= 4 is 15.9 Å². The van der Waals surface area contributed by atoms with Crippen LogP contribution in [0.5, 0.6) is 5.75 Å². The van der Waals surface area contributed by atoms with Gasteiger partial charge in [-0.2, -0.15) is 8.78 Å². The van der Waals surface area contributed by atoms with E-state index < -0.39 is 12.5 Å². The number of rotatable bonds is 3. The molecule has 2 N–H and O–H groups in total. The fourth-order valence-electron chi connectivity index (χ4n) is 1.08. The van der Waals surface area contributed by atoms with Crippen LogP contribution in [0.15, 0.2) is 22.7 Å². The Hall–Kier alpha value is -0.680. The Bertz CT molecular complexity index is 331. The minimum atomic E-state index is -3.06. The summed E-state index contributed by atoms with van der Waals surface area (Å²) in [7, 11) is 1.35. The van der Waals surface area contributed by atoms with Gasteiger partial charge in [-0.3, -0.25) is 0 Å². The van der Waals surface area contributed by atoms with Crippen LogP contribution < -0.4 is 10.5 Å². The zero-order valence-electron chi connectivity index (χ0n) is 7.56. The first-order valence-corrected chi connectivity index (χ1v) is 4.72. The summed E-state index contributed by atoms with van der Waals surface area (Å²) in [5, 5.41) is 0. The third kappa shape index (κ3) is 2.22. The topological polar surface area (TPSA) is 35.2 Å². The molecule has 0 aliphatic carbocycles. The molecule has 0 fully saturated rings. The quantitative estimate of drug-likeness (QED) is 0.912. The molecule has 14 heavy (non-hydrogen) atoms. The second kappa shape index (κ2) is 4.23. The second-order valence-corrected chi connectivity index (χ2v) is 3.67. The molecule has 0 heterocycles. The number of benzene rings is 1. The molecule has 1 aromatic rings. The Kier molecular flexibility index (Phi) is 3.44. The molecule has 0 atom stereocenters. The average molecular weight is 266 g/mol. The normalized spacial score (nSPS) is 11.5. The number of hydrogen-bond donors (Lipinski definition) is 1. The molecular weight excluding hydrogens is 256 g/mol. The summed E-state index contributed by atoms with van der Waals surface area (Å²) in [6.07, 6.45) is 0. The average Bonchev–Trinajstić information content (AvgIpc) is 2.18. The van der Waals surface area contributed by atoms with Gasteiger partial charge < -0.3 is 10.5 Å². The van der Waals surface area contributed by atoms with E-state index in [9.17, 15) is 8.78 Å². The minimum absolute atomic E-state index is 0.142. The highest BCUT2D eigenvalue weighted by atomic mass is 79.9. The highest BCUT2D eigenvalue weighted by Gasteiger charge is 2.33. The molecule has 0 unspecified atom stereocenters. The molecule has 5 heteroatoms. The Morgan fingerprint density at radius 2 is 2.14 bits per heavy atom. The number of hydrogen-bond acceptors (Lipinski definition) is 2. The van der Waals surface area contributed by atoms with Crippen molar-refractivity contribution in [2.45, 2.75) is 5.92 Å². The number of methoxy groups -OCH3 is 1. The van der Waals surface area contributed by atoms with Crippen LogP contribution in [0.4, 0.5) is 8.78 Å². The summed E-state index contributed by atoms with van der Waals surface area (Å²) in [6.45, 7) is -0.736. The van der Waals surface area contributed by atoms with E-state index in [1.54, 1.807) is 6.07 Å². The first-order chi connectivity index (χ1) is 6.51. The van der Waals surface area contributed by atoms with Gasteiger partial charge in [0.15, 0.2) is 0 Å². The molecule has 78 valence electrons. The molecule has 1 rings (SSSR count). The summed E-state index contributed by atoms with van der Waals surface area (Å²) in [5.74, 6) is -2.92. The Morgan fingerprint density at radius 3 is 2.64 bits per heavy atom. The van der Waals surface area contributed by atoms with E-state index in [1.807, 2.05) is 0 Å². The molecule has 0 saturated carbocycles. The van der Waals surface area contributed by atoms with Gasteiger partial charge in [0, 0.05) is 4.47 Å². The molecule has 2 nitrogen and oxygen atoms in total. The predicted molar refractivity (Wildman–Crippen MR) is 53.6 cm³/mol. The molecule has 1 aromatic carbocycles. The summed E-state index contributed by atoms with van der Waals surface area (Å²) in [6, 6.07) is 4.42. The maximum absolute atomic E-state index is 13.3. The van der Waals surface area contributed by atoms with Crippen LogP contribution in [0.3, 0.4) is 0 Å². The van der Waals surface area contributed by atoms with E-state index in [2.05, 4.69) is 15.9 Å². The van der Waals surface area contributed by atoms with E-state index in [0.717, 1.165) is 0 Å². The molecule has 0 aliphatic rings. The monoisotopic (exact) mass is 265 g/mol. The predicted octanol–water partition coefficient (Wildman–Crippen LogP) is 2.51. The number of alkyl halides is 2. The largest absolute Gasteiger partial charge is 0.496 e. The molecule has 0 aromatic heterocycles. The van der Waals surface area contributed by atoms with E-state index >= 15 is 0 Å². The van der Waals surface area contributed by atoms with Crippen LogP contribution in [0.25, 0.3) is 0 Å². The first-order valence-electron chi connectivity index (χ1n) is 3.93. The van der Waals surface area contributed by atoms with Gasteiger partial charge in [0.1, 0.15) is 5.75 Å². The zero-order chi connectivity index (χ0) is 10.8. The van der Waals surface area contributed by atoms with Gasteiger partial charge >= 0.3 is 0 Å². The van der Waals surface area contributed by atoms with Gasteiger partial charge in [0.25, 0.3) is 5.92 Å². The van der Waals surface area contributed by atoms with E-state index in [4.69, 9.17) is 10.5 Å². The molecule has 0 bridgehead atoms. The Morgan fingerprint density at radius 1 is 1.50 bits per heavy atom. The SMILES string of the molecule is COc1ccc(Br)cc1C(F)(F)CN. The van der Waals surface area contributed by atoms with Crippen molar-refractivity contribution < 1.29 is 13.5 Å². The lowest BCUT2D eigenvalue weighted by Gasteiger charge is -2.17. The fraction of sp³-hybridized carbons (Fsp3) is 0.333. The van der Waals surface area contributed by atoms with Gasteiger partial charge in [-0.25, -0.2) is 0 Å². The van der Waals surface area contributed by atoms with Crippen molar-refractivity contribution in [3.8, 4) is 5.75 Å². The van der Waals surface area contributed by atoms with Crippen molar-refractivity contribution in [1.29, 1.82) is 0 Å². The number of nitrogens with two attached hydrogens (primary N) is 1. The maximum Gasteiger partial charge on any atom is 0.288 e. The lowest BCUT2D eigenvalue weighted by atomic mass is 10.1. The van der Waals surface area contributed by atoms with E-state index in [-0.39, 0.29) is 11.3 Å². The van der Waals surface area contributed by atoms with Crippen LogP contribution in [0.1, 0.15) is 5.56 Å². The van der Waals surface area contributed by atoms with E-state index in [1.165, 1.54) is 19.2 Å². The Balaban J connectivity index is 3.23. The Labute approximate surface area is 89.2 Å². The molecule has 0 amide bonds. The zero-order valence-corrected chi connectivity index (χ0v) is 9.14. The molecular formula is C9H10BrF2NO. The lowest BCUT2D eigenvalue weighted by Crippen LogP contribution is -2.25. The highest BCUT2D eigenvalue weighted by molar-refractivity contribution is 9.10. The molecule has 0 radical (unpaired) electrons. The van der Waals surface area contributed by atoms with Crippen molar-refractivity contribution in [1.82, 2.24) is 0 Å². The van der Waals surface area contributed by atoms with Crippen molar-refractivity contribution in [3.63, 3.8) is 0 Å². The van der Waals surface area contributed by atoms with Crippen molar-refractivity contribution in [2.24, 2.45) is 5.73 Å². The van der Waals surface area contributed by atoms with Crippen LogP contribution in [0.2, 0.25) is 0 Å². The smallest absolute Gasteiger partial charge is 0.288 e. The standard InChI is InChI=1S/C9H10BrF2NO/c1-14-8-3-2-6(10)4-7(8)9(11,12)5-13/h2-4H,5,13H2,1H3. The van der Waals surface area contributed by atoms with Gasteiger partial charge in [-0.1, -0.05) is 15.9 Å². The van der Waals surface area contributed by atoms with Crippen molar-refractivity contribution in [3.05, 3.63) is 28.2 Å². The summed E-state index contributed by atoms with van der Waals surface area (Å²) >= 11 is 3.12. The lowest BCUT2D eigenvalue weighted by molar-refractivity contribution is 0.00364. The fourth-order valence-corrected chi connectivity index (χ4v) is 1.44. The first kappa shape index (κ1) is 11.4. The van der Waals surface area contributed by atoms with Gasteiger partial charge in [0.2, 0.25) is 0 Å². The third-order valence-corrected chi connectivity index (χ3v) is 2.31. The van der Waals surface area contributed by atoms with Gasteiger partial charge in [-0.05, 0) is 18.2 Å². The summed E-state index contributed by atoms with van der Waals surface area (Å²) < 4.78 is 32.0. The third-order valence-electron chi connectivity index (χ3n) is 1.81. The van der Waals surface area contributed by atoms with Crippen molar-refractivity contribution in [2.75, 3.05) is 13.7 Å². The number of halogens is 3. The van der Waals surface area contributed by atoms with E-state index in [0.29, 0.717) is 4.47 Å². The molecule has 0 spiro atoms. The summed E-state index contributed by atoms with van der Waals surface area (Å²) in [4.78, 5) is 0. The van der Waals surface area contributed by atoms with Crippen LogP contribution in [-0.2, 0) is 5.92 Å². The molecule has 0 aliphatic heterocycles. The molecule has 0 saturated heterocycles. The minimum Gasteiger partial charge on any atom is -0.496 e. The van der Waals surface area contributed by atoms with Crippen LogP contribution in [-0.4, -0.2) is 13.7 Å². The van der Waals surface area contributed by atoms with Gasteiger partial charge in [-0.15, -0.1) is 0 Å².